The van der Waals surface area contributed by atoms with Crippen molar-refractivity contribution in [3.05, 3.63) is 64.4 Å². The Morgan fingerprint density at radius 2 is 2.00 bits per heavy atom. The van der Waals surface area contributed by atoms with Gasteiger partial charge in [-0.05, 0) is 35.7 Å². The molecule has 0 spiro atoms. The van der Waals surface area contributed by atoms with Crippen LogP contribution >= 0.6 is 11.6 Å². The van der Waals surface area contributed by atoms with Gasteiger partial charge in [-0.1, -0.05) is 17.7 Å². The zero-order valence-corrected chi connectivity index (χ0v) is 10.2. The summed E-state index contributed by atoms with van der Waals surface area (Å²) in [5.41, 5.74) is 6.87. The average Bonchev–Trinajstić information content (AvgIpc) is 2.32. The lowest BCUT2D eigenvalue weighted by atomic mass is 10.0. The van der Waals surface area contributed by atoms with Crippen molar-refractivity contribution < 1.29 is 8.78 Å². The largest absolute Gasteiger partial charge is 0.324 e. The molecule has 1 unspecified atom stereocenters. The lowest BCUT2D eigenvalue weighted by molar-refractivity contribution is 0.587. The molecule has 5 heteroatoms. The molecule has 1 heterocycles. The van der Waals surface area contributed by atoms with Crippen LogP contribution in [0.5, 0.6) is 0 Å². The second-order valence-electron chi connectivity index (χ2n) is 3.98. The van der Waals surface area contributed by atoms with Gasteiger partial charge in [-0.3, -0.25) is 4.98 Å². The number of rotatable bonds is 3. The lowest BCUT2D eigenvalue weighted by Gasteiger charge is -2.12. The van der Waals surface area contributed by atoms with Crippen LogP contribution in [0.1, 0.15) is 17.2 Å². The second kappa shape index (κ2) is 5.42. The summed E-state index contributed by atoms with van der Waals surface area (Å²) in [6.07, 6.45) is 2.83. The molecular formula is C13H11ClF2N2. The zero-order chi connectivity index (χ0) is 13.1. The molecule has 0 aliphatic rings. The van der Waals surface area contributed by atoms with Gasteiger partial charge in [0.15, 0.2) is 0 Å². The standard InChI is InChI=1S/C13H11ClF2N2/c14-10-2-1-8(12(16)5-10)4-13(17)9-3-11(15)7-18-6-9/h1-3,5-7,13H,4,17H2. The quantitative estimate of drug-likeness (QED) is 0.928. The van der Waals surface area contributed by atoms with Gasteiger partial charge in [0.1, 0.15) is 11.6 Å². The van der Waals surface area contributed by atoms with Crippen LogP contribution in [0.25, 0.3) is 0 Å². The van der Waals surface area contributed by atoms with E-state index in [2.05, 4.69) is 4.98 Å². The van der Waals surface area contributed by atoms with E-state index in [4.69, 9.17) is 17.3 Å². The van der Waals surface area contributed by atoms with Crippen LogP contribution in [0.15, 0.2) is 36.7 Å². The van der Waals surface area contributed by atoms with E-state index in [9.17, 15) is 8.78 Å². The molecule has 1 aromatic heterocycles. The normalized spacial score (nSPS) is 12.4. The molecule has 2 nitrogen and oxygen atoms in total. The highest BCUT2D eigenvalue weighted by molar-refractivity contribution is 6.30. The van der Waals surface area contributed by atoms with Crippen LogP contribution < -0.4 is 5.73 Å². The van der Waals surface area contributed by atoms with E-state index in [1.807, 2.05) is 0 Å². The number of nitrogens with two attached hydrogens (primary N) is 1. The van der Waals surface area contributed by atoms with Crippen LogP contribution in [0.4, 0.5) is 8.78 Å². The van der Waals surface area contributed by atoms with Crippen LogP contribution in [0, 0.1) is 11.6 Å². The fraction of sp³-hybridized carbons (Fsp3) is 0.154. The summed E-state index contributed by atoms with van der Waals surface area (Å²) >= 11 is 5.66. The van der Waals surface area contributed by atoms with Crippen LogP contribution in [-0.2, 0) is 6.42 Å². The van der Waals surface area contributed by atoms with Gasteiger partial charge < -0.3 is 5.73 Å². The molecule has 0 saturated heterocycles. The molecule has 0 saturated carbocycles. The maximum Gasteiger partial charge on any atom is 0.141 e. The first-order valence-corrected chi connectivity index (χ1v) is 5.74. The summed E-state index contributed by atoms with van der Waals surface area (Å²) < 4.78 is 26.6. The predicted octanol–water partition coefficient (Wildman–Crippen LogP) is 3.26. The van der Waals surface area contributed by atoms with E-state index >= 15 is 0 Å². The fourth-order valence-electron chi connectivity index (χ4n) is 1.67. The van der Waals surface area contributed by atoms with E-state index in [1.165, 1.54) is 18.3 Å². The lowest BCUT2D eigenvalue weighted by Crippen LogP contribution is -2.14. The first-order chi connectivity index (χ1) is 8.56. The minimum atomic E-state index is -0.510. The van der Waals surface area contributed by atoms with Gasteiger partial charge in [0, 0.05) is 17.3 Å². The maximum absolute atomic E-state index is 13.6. The average molecular weight is 269 g/mol. The van der Waals surface area contributed by atoms with Crippen LogP contribution in [0.2, 0.25) is 5.02 Å². The minimum absolute atomic E-state index is 0.258. The Kier molecular flexibility index (Phi) is 3.89. The summed E-state index contributed by atoms with van der Waals surface area (Å²) in [5, 5.41) is 0.331. The molecule has 1 aromatic carbocycles. The van der Waals surface area contributed by atoms with Crippen molar-refractivity contribution in [3.63, 3.8) is 0 Å². The van der Waals surface area contributed by atoms with E-state index < -0.39 is 17.7 Å². The Morgan fingerprint density at radius 3 is 2.67 bits per heavy atom. The van der Waals surface area contributed by atoms with Crippen molar-refractivity contribution in [3.8, 4) is 0 Å². The van der Waals surface area contributed by atoms with Crippen molar-refractivity contribution in [2.75, 3.05) is 0 Å². The smallest absolute Gasteiger partial charge is 0.141 e. The Labute approximate surface area is 108 Å². The highest BCUT2D eigenvalue weighted by Crippen LogP contribution is 2.20. The van der Waals surface area contributed by atoms with Gasteiger partial charge in [0.25, 0.3) is 0 Å². The number of pyridine rings is 1. The van der Waals surface area contributed by atoms with Crippen LogP contribution in [0.3, 0.4) is 0 Å². The molecule has 2 rings (SSSR count). The summed E-state index contributed by atoms with van der Waals surface area (Å²) in [5.74, 6) is -0.873. The molecular weight excluding hydrogens is 258 g/mol. The molecule has 0 fully saturated rings. The maximum atomic E-state index is 13.6. The van der Waals surface area contributed by atoms with Crippen molar-refractivity contribution in [2.45, 2.75) is 12.5 Å². The first kappa shape index (κ1) is 12.9. The molecule has 18 heavy (non-hydrogen) atoms. The third-order valence-electron chi connectivity index (χ3n) is 2.61. The molecule has 2 aromatic rings. The number of halogens is 3. The monoisotopic (exact) mass is 268 g/mol. The summed E-state index contributed by atoms with van der Waals surface area (Å²) in [6, 6.07) is 5.18. The van der Waals surface area contributed by atoms with Gasteiger partial charge in [-0.15, -0.1) is 0 Å². The summed E-state index contributed by atoms with van der Waals surface area (Å²) in [4.78, 5) is 3.71. The first-order valence-electron chi connectivity index (χ1n) is 5.36. The fourth-order valence-corrected chi connectivity index (χ4v) is 1.83. The molecule has 0 aliphatic heterocycles. The van der Waals surface area contributed by atoms with E-state index in [-0.39, 0.29) is 6.42 Å². The number of benzene rings is 1. The zero-order valence-electron chi connectivity index (χ0n) is 9.41. The van der Waals surface area contributed by atoms with Gasteiger partial charge >= 0.3 is 0 Å². The van der Waals surface area contributed by atoms with Crippen molar-refractivity contribution in [2.24, 2.45) is 5.73 Å². The van der Waals surface area contributed by atoms with Crippen molar-refractivity contribution in [1.82, 2.24) is 4.98 Å². The number of aromatic nitrogens is 1. The number of hydrogen-bond acceptors (Lipinski definition) is 2. The molecule has 2 N–H and O–H groups in total. The third kappa shape index (κ3) is 3.03. The van der Waals surface area contributed by atoms with E-state index in [1.54, 1.807) is 12.1 Å². The van der Waals surface area contributed by atoms with Crippen LogP contribution in [-0.4, -0.2) is 4.98 Å². The van der Waals surface area contributed by atoms with E-state index in [0.717, 1.165) is 6.20 Å². The Hall–Kier alpha value is -1.52. The highest BCUT2D eigenvalue weighted by Gasteiger charge is 2.11. The second-order valence-corrected chi connectivity index (χ2v) is 4.42. The van der Waals surface area contributed by atoms with Gasteiger partial charge in [0.05, 0.1) is 6.20 Å². The summed E-state index contributed by atoms with van der Waals surface area (Å²) in [6.45, 7) is 0. The Balaban J connectivity index is 2.18. The number of hydrogen-bond donors (Lipinski definition) is 1. The van der Waals surface area contributed by atoms with E-state index in [0.29, 0.717) is 16.1 Å². The SMILES string of the molecule is NC(Cc1ccc(Cl)cc1F)c1cncc(F)c1. The van der Waals surface area contributed by atoms with Crippen molar-refractivity contribution >= 4 is 11.6 Å². The predicted molar refractivity (Wildman–Crippen MR) is 66.2 cm³/mol. The minimum Gasteiger partial charge on any atom is -0.324 e. The van der Waals surface area contributed by atoms with Crippen molar-refractivity contribution in [1.29, 1.82) is 0 Å². The molecule has 0 bridgehead atoms. The molecule has 1 atom stereocenters. The van der Waals surface area contributed by atoms with Gasteiger partial charge in [0.2, 0.25) is 0 Å². The Bertz CT molecular complexity index is 560. The molecule has 0 radical (unpaired) electrons. The molecule has 0 aliphatic carbocycles. The van der Waals surface area contributed by atoms with Gasteiger partial charge in [-0.2, -0.15) is 0 Å². The number of nitrogens with zero attached hydrogens (tertiary/aromatic N) is 1. The van der Waals surface area contributed by atoms with Gasteiger partial charge in [-0.25, -0.2) is 8.78 Å². The topological polar surface area (TPSA) is 38.9 Å². The molecule has 94 valence electrons. The highest BCUT2D eigenvalue weighted by atomic mass is 35.5. The Morgan fingerprint density at radius 1 is 1.22 bits per heavy atom. The molecule has 0 amide bonds. The third-order valence-corrected chi connectivity index (χ3v) is 2.84. The summed E-state index contributed by atoms with van der Waals surface area (Å²) in [7, 11) is 0.